The second-order valence-corrected chi connectivity index (χ2v) is 4.27. The molecule has 5 heteroatoms. The number of urea groups is 1. The highest BCUT2D eigenvalue weighted by Crippen LogP contribution is 2.15. The zero-order chi connectivity index (χ0) is 10.6. The lowest BCUT2D eigenvalue weighted by Gasteiger charge is -2.31. The molecule has 0 unspecified atom stereocenters. The summed E-state index contributed by atoms with van der Waals surface area (Å²) >= 11 is 0. The van der Waals surface area contributed by atoms with Gasteiger partial charge in [-0.15, -0.1) is 12.4 Å². The Balaban J connectivity index is 0.00000196. The van der Waals surface area contributed by atoms with E-state index in [1.807, 2.05) is 18.7 Å². The van der Waals surface area contributed by atoms with Gasteiger partial charge in [0.05, 0.1) is 0 Å². The lowest BCUT2D eigenvalue weighted by molar-refractivity contribution is 0.170. The smallest absolute Gasteiger partial charge is 0.317 e. The Morgan fingerprint density at radius 2 is 2.00 bits per heavy atom. The maximum atomic E-state index is 11.6. The SMILES string of the molecule is CC(C)NC(=O)N1CCC(CN)CC1.Cl. The molecule has 2 amide bonds. The molecule has 90 valence electrons. The van der Waals surface area contributed by atoms with Crippen molar-refractivity contribution in [1.29, 1.82) is 0 Å². The molecule has 0 bridgehead atoms. The van der Waals surface area contributed by atoms with E-state index in [2.05, 4.69) is 5.32 Å². The van der Waals surface area contributed by atoms with Crippen molar-refractivity contribution in [3.8, 4) is 0 Å². The molecule has 3 N–H and O–H groups in total. The molecule has 1 fully saturated rings. The fourth-order valence-corrected chi connectivity index (χ4v) is 1.71. The molecule has 0 radical (unpaired) electrons. The van der Waals surface area contributed by atoms with Crippen molar-refractivity contribution in [1.82, 2.24) is 10.2 Å². The Hall–Kier alpha value is -0.480. The number of hydrogen-bond donors (Lipinski definition) is 2. The first-order valence-corrected chi connectivity index (χ1v) is 5.39. The first-order valence-electron chi connectivity index (χ1n) is 5.39. The number of nitrogens with zero attached hydrogens (tertiary/aromatic N) is 1. The number of amides is 2. The van der Waals surface area contributed by atoms with Gasteiger partial charge in [0.15, 0.2) is 0 Å². The van der Waals surface area contributed by atoms with Crippen LogP contribution in [0.15, 0.2) is 0 Å². The summed E-state index contributed by atoms with van der Waals surface area (Å²) in [6.45, 7) is 6.40. The monoisotopic (exact) mass is 235 g/mol. The van der Waals surface area contributed by atoms with Gasteiger partial charge in [-0.3, -0.25) is 0 Å². The minimum Gasteiger partial charge on any atom is -0.336 e. The quantitative estimate of drug-likeness (QED) is 0.756. The number of carbonyl (C=O) groups is 1. The predicted molar refractivity (Wildman–Crippen MR) is 64.3 cm³/mol. The van der Waals surface area contributed by atoms with E-state index in [0.717, 1.165) is 32.5 Å². The molecule has 1 saturated heterocycles. The molecule has 1 heterocycles. The van der Waals surface area contributed by atoms with Crippen molar-refractivity contribution in [2.24, 2.45) is 11.7 Å². The topological polar surface area (TPSA) is 58.4 Å². The second-order valence-electron chi connectivity index (χ2n) is 4.27. The van der Waals surface area contributed by atoms with Crippen molar-refractivity contribution >= 4 is 18.4 Å². The summed E-state index contributed by atoms with van der Waals surface area (Å²) in [5.74, 6) is 0.609. The lowest BCUT2D eigenvalue weighted by atomic mass is 9.97. The van der Waals surface area contributed by atoms with Crippen LogP contribution in [0.1, 0.15) is 26.7 Å². The van der Waals surface area contributed by atoms with E-state index in [9.17, 15) is 4.79 Å². The van der Waals surface area contributed by atoms with Crippen LogP contribution < -0.4 is 11.1 Å². The number of likely N-dealkylation sites (tertiary alicyclic amines) is 1. The van der Waals surface area contributed by atoms with Gasteiger partial charge in [-0.25, -0.2) is 4.79 Å². The van der Waals surface area contributed by atoms with Gasteiger partial charge in [0, 0.05) is 19.1 Å². The Kier molecular flexibility index (Phi) is 6.68. The van der Waals surface area contributed by atoms with Crippen LogP contribution in [0.2, 0.25) is 0 Å². The van der Waals surface area contributed by atoms with Gasteiger partial charge < -0.3 is 16.0 Å². The molecule has 0 aromatic carbocycles. The van der Waals surface area contributed by atoms with E-state index in [-0.39, 0.29) is 24.5 Å². The second kappa shape index (κ2) is 6.90. The molecule has 1 rings (SSSR count). The van der Waals surface area contributed by atoms with Crippen LogP contribution in [0.5, 0.6) is 0 Å². The Bertz CT molecular complexity index is 191. The zero-order valence-electron chi connectivity index (χ0n) is 9.53. The number of nitrogens with two attached hydrogens (primary N) is 1. The lowest BCUT2D eigenvalue weighted by Crippen LogP contribution is -2.47. The molecule has 0 aliphatic carbocycles. The first-order chi connectivity index (χ1) is 6.63. The fraction of sp³-hybridized carbons (Fsp3) is 0.900. The Morgan fingerprint density at radius 3 is 2.40 bits per heavy atom. The van der Waals surface area contributed by atoms with Gasteiger partial charge in [0.25, 0.3) is 0 Å². The number of hydrogen-bond acceptors (Lipinski definition) is 2. The van der Waals surface area contributed by atoms with E-state index >= 15 is 0 Å². The number of halogens is 1. The molecule has 0 saturated carbocycles. The summed E-state index contributed by atoms with van der Waals surface area (Å²) in [6, 6.07) is 0.283. The summed E-state index contributed by atoms with van der Waals surface area (Å²) in [4.78, 5) is 13.5. The van der Waals surface area contributed by atoms with Gasteiger partial charge >= 0.3 is 6.03 Å². The van der Waals surface area contributed by atoms with E-state index < -0.39 is 0 Å². The summed E-state index contributed by atoms with van der Waals surface area (Å²) in [5.41, 5.74) is 5.59. The standard InChI is InChI=1S/C10H21N3O.ClH/c1-8(2)12-10(14)13-5-3-9(7-11)4-6-13;/h8-9H,3-7,11H2,1-2H3,(H,12,14);1H. The predicted octanol–water partition coefficient (Wildman–Crippen LogP) is 1.20. The molecular weight excluding hydrogens is 214 g/mol. The summed E-state index contributed by atoms with van der Waals surface area (Å²) in [6.07, 6.45) is 2.09. The van der Waals surface area contributed by atoms with E-state index in [4.69, 9.17) is 5.73 Å². The summed E-state index contributed by atoms with van der Waals surface area (Å²) in [7, 11) is 0. The third-order valence-electron chi connectivity index (χ3n) is 2.65. The minimum atomic E-state index is 0. The highest BCUT2D eigenvalue weighted by atomic mass is 35.5. The maximum absolute atomic E-state index is 11.6. The molecule has 0 spiro atoms. The fourth-order valence-electron chi connectivity index (χ4n) is 1.71. The van der Waals surface area contributed by atoms with Gasteiger partial charge in [-0.05, 0) is 39.2 Å². The number of piperidine rings is 1. The highest BCUT2D eigenvalue weighted by molar-refractivity contribution is 5.85. The summed E-state index contributed by atoms with van der Waals surface area (Å²) < 4.78 is 0. The number of nitrogens with one attached hydrogen (secondary N) is 1. The summed E-state index contributed by atoms with van der Waals surface area (Å²) in [5, 5.41) is 2.90. The van der Waals surface area contributed by atoms with E-state index in [0.29, 0.717) is 5.92 Å². The van der Waals surface area contributed by atoms with E-state index in [1.165, 1.54) is 0 Å². The van der Waals surface area contributed by atoms with Crippen molar-refractivity contribution in [3.05, 3.63) is 0 Å². The maximum Gasteiger partial charge on any atom is 0.317 e. The molecule has 0 atom stereocenters. The van der Waals surface area contributed by atoms with Crippen LogP contribution in [0, 0.1) is 5.92 Å². The van der Waals surface area contributed by atoms with Crippen LogP contribution in [-0.4, -0.2) is 36.6 Å². The van der Waals surface area contributed by atoms with Crippen molar-refractivity contribution in [3.63, 3.8) is 0 Å². The van der Waals surface area contributed by atoms with Crippen LogP contribution in [0.4, 0.5) is 4.79 Å². The molecule has 1 aliphatic heterocycles. The molecule has 4 nitrogen and oxygen atoms in total. The molecule has 0 aromatic heterocycles. The molecule has 0 aromatic rings. The van der Waals surface area contributed by atoms with Gasteiger partial charge in [-0.2, -0.15) is 0 Å². The minimum absolute atomic E-state index is 0. The van der Waals surface area contributed by atoms with Gasteiger partial charge in [0.2, 0.25) is 0 Å². The third-order valence-corrected chi connectivity index (χ3v) is 2.65. The van der Waals surface area contributed by atoms with Crippen molar-refractivity contribution in [2.75, 3.05) is 19.6 Å². The molecular formula is C10H22ClN3O. The zero-order valence-corrected chi connectivity index (χ0v) is 10.3. The average Bonchev–Trinajstić information content (AvgIpc) is 2.17. The van der Waals surface area contributed by atoms with Crippen LogP contribution in [-0.2, 0) is 0 Å². The Labute approximate surface area is 98.0 Å². The molecule has 1 aliphatic rings. The average molecular weight is 236 g/mol. The first kappa shape index (κ1) is 14.5. The van der Waals surface area contributed by atoms with Crippen LogP contribution >= 0.6 is 12.4 Å². The molecule has 15 heavy (non-hydrogen) atoms. The van der Waals surface area contributed by atoms with Gasteiger partial charge in [-0.1, -0.05) is 0 Å². The normalized spacial score (nSPS) is 17.5. The Morgan fingerprint density at radius 1 is 1.47 bits per heavy atom. The van der Waals surface area contributed by atoms with Gasteiger partial charge in [0.1, 0.15) is 0 Å². The highest BCUT2D eigenvalue weighted by Gasteiger charge is 2.21. The van der Waals surface area contributed by atoms with Crippen molar-refractivity contribution in [2.45, 2.75) is 32.7 Å². The van der Waals surface area contributed by atoms with E-state index in [1.54, 1.807) is 0 Å². The number of rotatable bonds is 2. The van der Waals surface area contributed by atoms with Crippen molar-refractivity contribution < 1.29 is 4.79 Å². The number of carbonyl (C=O) groups excluding carboxylic acids is 1. The largest absolute Gasteiger partial charge is 0.336 e. The third kappa shape index (κ3) is 4.71. The van der Waals surface area contributed by atoms with Crippen LogP contribution in [0.3, 0.4) is 0 Å². The van der Waals surface area contributed by atoms with Crippen LogP contribution in [0.25, 0.3) is 0 Å².